The largest absolute Gasteiger partial charge is 0.477 e. The van der Waals surface area contributed by atoms with Crippen molar-refractivity contribution >= 4 is 35.0 Å². The van der Waals surface area contributed by atoms with Crippen molar-refractivity contribution in [2.45, 2.75) is 37.5 Å². The number of halogens is 4. The summed E-state index contributed by atoms with van der Waals surface area (Å²) in [4.78, 5) is 25.9. The third kappa shape index (κ3) is 3.71. The molecule has 0 radical (unpaired) electrons. The number of fused-ring (bicyclic) bond motifs is 2. The number of rotatable bonds is 6. The summed E-state index contributed by atoms with van der Waals surface area (Å²) in [7, 11) is 0. The van der Waals surface area contributed by atoms with Crippen LogP contribution in [-0.2, 0) is 4.74 Å². The Morgan fingerprint density at radius 2 is 2.09 bits per heavy atom. The van der Waals surface area contributed by atoms with E-state index in [0.29, 0.717) is 32.4 Å². The summed E-state index contributed by atoms with van der Waals surface area (Å²) in [5.74, 6) is -2.88. The van der Waals surface area contributed by atoms with Crippen LogP contribution in [0.5, 0.6) is 5.75 Å². The maximum Gasteiger partial charge on any atom is 0.387 e. The number of benzene rings is 1. The zero-order chi connectivity index (χ0) is 22.8. The molecule has 2 atom stereocenters. The molecule has 0 spiro atoms. The fourth-order valence-electron chi connectivity index (χ4n) is 5.06. The van der Waals surface area contributed by atoms with E-state index in [1.807, 2.05) is 0 Å². The molecule has 8 nitrogen and oxygen atoms in total. The Bertz CT molecular complexity index is 1170. The van der Waals surface area contributed by atoms with Crippen LogP contribution in [0, 0.1) is 11.7 Å². The van der Waals surface area contributed by atoms with Gasteiger partial charge in [0.15, 0.2) is 11.6 Å². The maximum absolute atomic E-state index is 15.4. The number of aromatic carboxylic acids is 1. The van der Waals surface area contributed by atoms with Crippen molar-refractivity contribution in [1.82, 2.24) is 4.57 Å². The van der Waals surface area contributed by atoms with Gasteiger partial charge in [-0.1, -0.05) is 0 Å². The first-order valence-corrected chi connectivity index (χ1v) is 10.4. The molecule has 2 saturated heterocycles. The SMILES string of the molecule is Cl.NC[C@]12CN(c3c(F)cc4c(=O)c(C(=O)O)cn(C5CC5)c4c3OC(F)F)CC1CCO2. The Labute approximate surface area is 192 Å². The van der Waals surface area contributed by atoms with Crippen molar-refractivity contribution in [3.8, 4) is 5.75 Å². The zero-order valence-corrected chi connectivity index (χ0v) is 18.2. The van der Waals surface area contributed by atoms with E-state index in [1.165, 1.54) is 4.57 Å². The first-order chi connectivity index (χ1) is 15.3. The third-order valence-electron chi connectivity index (χ3n) is 6.74. The van der Waals surface area contributed by atoms with E-state index in [1.54, 1.807) is 4.90 Å². The molecule has 3 heterocycles. The molecular weight excluding hydrogens is 467 g/mol. The molecule has 0 bridgehead atoms. The molecule has 2 aliphatic heterocycles. The van der Waals surface area contributed by atoms with Crippen molar-refractivity contribution in [3.63, 3.8) is 0 Å². The lowest BCUT2D eigenvalue weighted by molar-refractivity contribution is -0.0488. The molecule has 3 aliphatic rings. The second kappa shape index (κ2) is 8.37. The van der Waals surface area contributed by atoms with Crippen molar-refractivity contribution in [3.05, 3.63) is 33.9 Å². The third-order valence-corrected chi connectivity index (χ3v) is 6.74. The molecule has 33 heavy (non-hydrogen) atoms. The Hall–Kier alpha value is -2.50. The van der Waals surface area contributed by atoms with Crippen molar-refractivity contribution in [2.75, 3.05) is 31.1 Å². The van der Waals surface area contributed by atoms with E-state index in [2.05, 4.69) is 0 Å². The number of carboxylic acids is 1. The molecule has 1 aliphatic carbocycles. The summed E-state index contributed by atoms with van der Waals surface area (Å²) >= 11 is 0. The van der Waals surface area contributed by atoms with Crippen LogP contribution in [0.1, 0.15) is 35.7 Å². The summed E-state index contributed by atoms with van der Waals surface area (Å²) in [6, 6.07) is 0.729. The molecule has 5 rings (SSSR count). The topological polar surface area (TPSA) is 107 Å². The molecule has 3 N–H and O–H groups in total. The smallest absolute Gasteiger partial charge is 0.387 e. The van der Waals surface area contributed by atoms with Crippen molar-refractivity contribution in [1.29, 1.82) is 0 Å². The summed E-state index contributed by atoms with van der Waals surface area (Å²) in [6.45, 7) is -2.03. The maximum atomic E-state index is 15.4. The summed E-state index contributed by atoms with van der Waals surface area (Å²) in [5, 5.41) is 9.11. The minimum atomic E-state index is -3.28. The number of hydrogen-bond acceptors (Lipinski definition) is 6. The monoisotopic (exact) mass is 489 g/mol. The van der Waals surface area contributed by atoms with Gasteiger partial charge < -0.3 is 29.8 Å². The van der Waals surface area contributed by atoms with Crippen LogP contribution in [-0.4, -0.2) is 54.1 Å². The molecule has 1 saturated carbocycles. The van der Waals surface area contributed by atoms with E-state index >= 15 is 4.39 Å². The predicted molar refractivity (Wildman–Crippen MR) is 115 cm³/mol. The minimum Gasteiger partial charge on any atom is -0.477 e. The minimum absolute atomic E-state index is 0. The first kappa shape index (κ1) is 23.7. The number of nitrogens with zero attached hydrogens (tertiary/aromatic N) is 2. The van der Waals surface area contributed by atoms with Gasteiger partial charge in [0, 0.05) is 44.4 Å². The molecule has 2 aromatic rings. The molecule has 12 heteroatoms. The van der Waals surface area contributed by atoms with E-state index in [9.17, 15) is 23.5 Å². The summed E-state index contributed by atoms with van der Waals surface area (Å²) < 4.78 is 54.5. The molecule has 180 valence electrons. The summed E-state index contributed by atoms with van der Waals surface area (Å²) in [5.41, 5.74) is 3.51. The van der Waals surface area contributed by atoms with Gasteiger partial charge in [-0.05, 0) is 25.3 Å². The number of carboxylic acid groups (broad SMARTS) is 1. The number of hydrogen-bond donors (Lipinski definition) is 2. The lowest BCUT2D eigenvalue weighted by Crippen LogP contribution is -2.44. The molecule has 0 amide bonds. The summed E-state index contributed by atoms with van der Waals surface area (Å²) in [6.07, 6.45) is 3.19. The van der Waals surface area contributed by atoms with Gasteiger partial charge in [-0.25, -0.2) is 9.18 Å². The molecule has 1 unspecified atom stereocenters. The van der Waals surface area contributed by atoms with E-state index in [0.717, 1.165) is 12.3 Å². The fourth-order valence-corrected chi connectivity index (χ4v) is 5.06. The number of ether oxygens (including phenoxy) is 2. The van der Waals surface area contributed by atoms with Gasteiger partial charge in [-0.15, -0.1) is 12.4 Å². The van der Waals surface area contributed by atoms with Crippen LogP contribution in [0.25, 0.3) is 10.9 Å². The average Bonchev–Trinajstić information content (AvgIpc) is 3.40. The number of nitrogens with two attached hydrogens (primary N) is 1. The van der Waals surface area contributed by atoms with Crippen LogP contribution in [0.2, 0.25) is 0 Å². The Balaban J connectivity index is 0.00000259. The van der Waals surface area contributed by atoms with Gasteiger partial charge in [0.1, 0.15) is 16.9 Å². The average molecular weight is 490 g/mol. The van der Waals surface area contributed by atoms with Crippen LogP contribution in [0.4, 0.5) is 18.9 Å². The molecular formula is C21H23ClF3N3O5. The second-order valence-electron chi connectivity index (χ2n) is 8.61. The molecule has 1 aromatic carbocycles. The number of anilines is 1. The van der Waals surface area contributed by atoms with Crippen LogP contribution in [0.3, 0.4) is 0 Å². The highest BCUT2D eigenvalue weighted by molar-refractivity contribution is 5.97. The normalized spacial score (nSPS) is 24.3. The molecule has 1 aromatic heterocycles. The lowest BCUT2D eigenvalue weighted by atomic mass is 9.91. The zero-order valence-electron chi connectivity index (χ0n) is 17.4. The Kier molecular flexibility index (Phi) is 6.00. The highest BCUT2D eigenvalue weighted by Crippen LogP contribution is 2.48. The van der Waals surface area contributed by atoms with Crippen molar-refractivity contribution < 1.29 is 32.5 Å². The number of alkyl halides is 2. The van der Waals surface area contributed by atoms with Crippen LogP contribution in [0.15, 0.2) is 17.1 Å². The Morgan fingerprint density at radius 1 is 1.36 bits per heavy atom. The Morgan fingerprint density at radius 3 is 2.67 bits per heavy atom. The van der Waals surface area contributed by atoms with Gasteiger partial charge in [0.25, 0.3) is 0 Å². The van der Waals surface area contributed by atoms with Gasteiger partial charge in [-0.3, -0.25) is 4.79 Å². The standard InChI is InChI=1S/C21H22F3N3O5.ClH/c22-14-5-12-15(27(11-1-2-11)7-13(17(12)28)19(29)30)18(32-20(23)24)16(14)26-6-10-3-4-31-21(10,8-25)9-26;/h5,7,10-11,20H,1-4,6,8-9,25H2,(H,29,30);1H/t10?,21-;/m0./s1. The van der Waals surface area contributed by atoms with E-state index < -0.39 is 40.7 Å². The van der Waals surface area contributed by atoms with Gasteiger partial charge in [0.2, 0.25) is 5.43 Å². The number of carbonyl (C=O) groups is 1. The molecule has 3 fully saturated rings. The highest BCUT2D eigenvalue weighted by Gasteiger charge is 2.51. The fraction of sp³-hybridized carbons (Fsp3) is 0.524. The van der Waals surface area contributed by atoms with Crippen molar-refractivity contribution in [2.24, 2.45) is 11.7 Å². The van der Waals surface area contributed by atoms with Gasteiger partial charge in [0.05, 0.1) is 10.9 Å². The number of aromatic nitrogens is 1. The number of pyridine rings is 1. The van der Waals surface area contributed by atoms with Gasteiger partial charge >= 0.3 is 12.6 Å². The van der Waals surface area contributed by atoms with Crippen LogP contribution >= 0.6 is 12.4 Å². The lowest BCUT2D eigenvalue weighted by Gasteiger charge is -2.28. The predicted octanol–water partition coefficient (Wildman–Crippen LogP) is 2.75. The highest BCUT2D eigenvalue weighted by atomic mass is 35.5. The van der Waals surface area contributed by atoms with E-state index in [-0.39, 0.29) is 54.0 Å². The first-order valence-electron chi connectivity index (χ1n) is 10.4. The van der Waals surface area contributed by atoms with E-state index in [4.69, 9.17) is 15.2 Å². The second-order valence-corrected chi connectivity index (χ2v) is 8.61. The van der Waals surface area contributed by atoms with Crippen LogP contribution < -0.4 is 20.8 Å². The van der Waals surface area contributed by atoms with Gasteiger partial charge in [-0.2, -0.15) is 8.78 Å². The quantitative estimate of drug-likeness (QED) is 0.642.